The van der Waals surface area contributed by atoms with Gasteiger partial charge in [0.15, 0.2) is 0 Å². The van der Waals surface area contributed by atoms with E-state index in [1.54, 1.807) is 0 Å². The molecule has 0 aromatic heterocycles. The first-order chi connectivity index (χ1) is 10.2. The number of aliphatic carboxylic acids is 1. The molecule has 0 aliphatic heterocycles. The van der Waals surface area contributed by atoms with E-state index in [4.69, 9.17) is 9.84 Å². The minimum atomic E-state index is -1.13. The van der Waals surface area contributed by atoms with Crippen molar-refractivity contribution < 1.29 is 19.4 Å². The first-order valence-corrected chi connectivity index (χ1v) is 8.24. The quantitative estimate of drug-likeness (QED) is 0.274. The Morgan fingerprint density at radius 1 is 1.00 bits per heavy atom. The van der Waals surface area contributed by atoms with Crippen LogP contribution in [0, 0.1) is 0 Å². The highest BCUT2D eigenvalue weighted by atomic mass is 16.7. The Bertz CT molecular complexity index is 264. The molecule has 0 aromatic carbocycles. The number of hydrogen-bond donors (Lipinski definition) is 1. The molecule has 124 valence electrons. The molecule has 0 radical (unpaired) electrons. The van der Waals surface area contributed by atoms with Gasteiger partial charge >= 0.3 is 5.97 Å². The number of allylic oxidation sites excluding steroid dienone is 2. The molecule has 0 spiro atoms. The summed E-state index contributed by atoms with van der Waals surface area (Å²) in [6.07, 6.45) is 15.4. The highest BCUT2D eigenvalue weighted by Gasteiger charge is 2.15. The molecule has 1 atom stereocenters. The normalized spacial score (nSPS) is 12.9. The van der Waals surface area contributed by atoms with Crippen LogP contribution in [0.5, 0.6) is 0 Å². The third-order valence-corrected chi connectivity index (χ3v) is 3.34. The Morgan fingerprint density at radius 2 is 1.57 bits per heavy atom. The Labute approximate surface area is 129 Å². The van der Waals surface area contributed by atoms with E-state index in [9.17, 15) is 4.79 Å². The van der Waals surface area contributed by atoms with Crippen LogP contribution >= 0.6 is 0 Å². The molecular weight excluding hydrogens is 268 g/mol. The number of carboxylic acids is 1. The highest BCUT2D eigenvalue weighted by molar-refractivity contribution is 5.70. The van der Waals surface area contributed by atoms with Gasteiger partial charge < -0.3 is 14.6 Å². The molecule has 4 nitrogen and oxygen atoms in total. The lowest BCUT2D eigenvalue weighted by molar-refractivity contribution is -0.183. The summed E-state index contributed by atoms with van der Waals surface area (Å²) in [7, 11) is 1.34. The molecule has 0 fully saturated rings. The van der Waals surface area contributed by atoms with Crippen LogP contribution in [0.1, 0.15) is 71.1 Å². The van der Waals surface area contributed by atoms with E-state index in [1.807, 2.05) is 0 Å². The molecule has 0 bridgehead atoms. The van der Waals surface area contributed by atoms with E-state index < -0.39 is 12.3 Å². The van der Waals surface area contributed by atoms with Crippen LogP contribution in [0.15, 0.2) is 12.2 Å². The number of hydrogen-bond acceptors (Lipinski definition) is 3. The second-order valence-corrected chi connectivity index (χ2v) is 5.30. The SMILES string of the molecule is CCCCCCCC=CCCCCCOC(OC)C(=O)O. The molecule has 1 unspecified atom stereocenters. The van der Waals surface area contributed by atoms with E-state index in [1.165, 1.54) is 45.6 Å². The first kappa shape index (κ1) is 20.1. The van der Waals surface area contributed by atoms with Crippen molar-refractivity contribution in [3.05, 3.63) is 12.2 Å². The van der Waals surface area contributed by atoms with Gasteiger partial charge in [-0.25, -0.2) is 4.79 Å². The van der Waals surface area contributed by atoms with Crippen LogP contribution in [0.2, 0.25) is 0 Å². The molecule has 4 heteroatoms. The summed E-state index contributed by atoms with van der Waals surface area (Å²) in [5, 5.41) is 8.71. The summed E-state index contributed by atoms with van der Waals surface area (Å²) in [5.41, 5.74) is 0. The summed E-state index contributed by atoms with van der Waals surface area (Å²) >= 11 is 0. The van der Waals surface area contributed by atoms with Gasteiger partial charge in [0.05, 0.1) is 6.61 Å². The number of carbonyl (C=O) groups is 1. The molecule has 0 rings (SSSR count). The lowest BCUT2D eigenvalue weighted by Crippen LogP contribution is -2.26. The minimum Gasteiger partial charge on any atom is -0.477 e. The monoisotopic (exact) mass is 300 g/mol. The minimum absolute atomic E-state index is 0.436. The molecular formula is C17H32O4. The zero-order valence-corrected chi connectivity index (χ0v) is 13.7. The van der Waals surface area contributed by atoms with Gasteiger partial charge in [-0.05, 0) is 32.1 Å². The van der Waals surface area contributed by atoms with Crippen molar-refractivity contribution in [1.29, 1.82) is 0 Å². The molecule has 0 amide bonds. The maximum absolute atomic E-state index is 10.6. The fourth-order valence-corrected chi connectivity index (χ4v) is 2.07. The molecule has 21 heavy (non-hydrogen) atoms. The molecule has 0 aromatic rings. The lowest BCUT2D eigenvalue weighted by Gasteiger charge is -2.10. The van der Waals surface area contributed by atoms with E-state index in [0.29, 0.717) is 6.61 Å². The first-order valence-electron chi connectivity index (χ1n) is 8.24. The predicted octanol–water partition coefficient (Wildman–Crippen LogP) is 4.54. The van der Waals surface area contributed by atoms with E-state index in [2.05, 4.69) is 23.8 Å². The van der Waals surface area contributed by atoms with E-state index >= 15 is 0 Å². The number of carboxylic acid groups (broad SMARTS) is 1. The number of methoxy groups -OCH3 is 1. The van der Waals surface area contributed by atoms with Crippen LogP contribution < -0.4 is 0 Å². The maximum atomic E-state index is 10.6. The van der Waals surface area contributed by atoms with Gasteiger partial charge in [-0.1, -0.05) is 51.2 Å². The van der Waals surface area contributed by atoms with Crippen molar-refractivity contribution >= 4 is 5.97 Å². The Balaban J connectivity index is 3.26. The Morgan fingerprint density at radius 3 is 2.10 bits per heavy atom. The number of ether oxygens (including phenoxy) is 2. The van der Waals surface area contributed by atoms with Crippen molar-refractivity contribution in [2.24, 2.45) is 0 Å². The summed E-state index contributed by atoms with van der Waals surface area (Å²) in [5.74, 6) is -1.07. The standard InChI is InChI=1S/C17H32O4/c1-3-4-5-6-7-8-9-10-11-12-13-14-15-21-17(20-2)16(18)19/h9-10,17H,3-8,11-15H2,1-2H3,(H,18,19). The summed E-state index contributed by atoms with van der Waals surface area (Å²) in [6.45, 7) is 2.67. The third-order valence-electron chi connectivity index (χ3n) is 3.34. The van der Waals surface area contributed by atoms with Gasteiger partial charge in [0, 0.05) is 7.11 Å². The topological polar surface area (TPSA) is 55.8 Å². The van der Waals surface area contributed by atoms with Gasteiger partial charge in [-0.15, -0.1) is 0 Å². The fraction of sp³-hybridized carbons (Fsp3) is 0.824. The summed E-state index contributed by atoms with van der Waals surface area (Å²) in [4.78, 5) is 10.6. The van der Waals surface area contributed by atoms with Crippen LogP contribution in [0.25, 0.3) is 0 Å². The average molecular weight is 300 g/mol. The van der Waals surface area contributed by atoms with Crippen molar-refractivity contribution in [2.75, 3.05) is 13.7 Å². The van der Waals surface area contributed by atoms with Crippen LogP contribution in [0.3, 0.4) is 0 Å². The molecule has 0 aliphatic carbocycles. The second-order valence-electron chi connectivity index (χ2n) is 5.30. The van der Waals surface area contributed by atoms with E-state index in [0.717, 1.165) is 25.7 Å². The van der Waals surface area contributed by atoms with Gasteiger partial charge in [-0.2, -0.15) is 0 Å². The molecule has 0 aliphatic rings. The molecule has 0 saturated heterocycles. The van der Waals surface area contributed by atoms with Crippen LogP contribution in [-0.2, 0) is 14.3 Å². The number of rotatable bonds is 15. The van der Waals surface area contributed by atoms with Crippen molar-refractivity contribution in [1.82, 2.24) is 0 Å². The largest absolute Gasteiger partial charge is 0.477 e. The second kappa shape index (κ2) is 15.5. The molecule has 1 N–H and O–H groups in total. The smallest absolute Gasteiger partial charge is 0.361 e. The van der Waals surface area contributed by atoms with E-state index in [-0.39, 0.29) is 0 Å². The van der Waals surface area contributed by atoms with Crippen LogP contribution in [-0.4, -0.2) is 31.1 Å². The highest BCUT2D eigenvalue weighted by Crippen LogP contribution is 2.07. The fourth-order valence-electron chi connectivity index (χ4n) is 2.07. The van der Waals surface area contributed by atoms with Crippen LogP contribution in [0.4, 0.5) is 0 Å². The van der Waals surface area contributed by atoms with Gasteiger partial charge in [-0.3, -0.25) is 0 Å². The number of unbranched alkanes of at least 4 members (excludes halogenated alkanes) is 8. The summed E-state index contributed by atoms with van der Waals surface area (Å²) in [6, 6.07) is 0. The zero-order chi connectivity index (χ0) is 15.8. The van der Waals surface area contributed by atoms with Gasteiger partial charge in [0.1, 0.15) is 0 Å². The Hall–Kier alpha value is -0.870. The summed E-state index contributed by atoms with van der Waals surface area (Å²) < 4.78 is 9.79. The maximum Gasteiger partial charge on any atom is 0.361 e. The lowest BCUT2D eigenvalue weighted by atomic mass is 10.1. The van der Waals surface area contributed by atoms with Crippen molar-refractivity contribution in [2.45, 2.75) is 77.4 Å². The van der Waals surface area contributed by atoms with Gasteiger partial charge in [0.25, 0.3) is 6.29 Å². The third kappa shape index (κ3) is 13.9. The zero-order valence-electron chi connectivity index (χ0n) is 13.7. The molecule has 0 heterocycles. The van der Waals surface area contributed by atoms with Crippen molar-refractivity contribution in [3.63, 3.8) is 0 Å². The molecule has 0 saturated carbocycles. The Kier molecular flexibility index (Phi) is 14.9. The predicted molar refractivity (Wildman–Crippen MR) is 85.4 cm³/mol. The van der Waals surface area contributed by atoms with Gasteiger partial charge in [0.2, 0.25) is 0 Å². The van der Waals surface area contributed by atoms with Crippen molar-refractivity contribution in [3.8, 4) is 0 Å². The average Bonchev–Trinajstić information content (AvgIpc) is 2.47.